The molecule has 3 heterocycles. The molecule has 3 unspecified atom stereocenters. The maximum absolute atomic E-state index is 16.2. The Labute approximate surface area is 321 Å². The summed E-state index contributed by atoms with van der Waals surface area (Å²) in [5.74, 6) is -1.20. The number of rotatable bonds is 15. The maximum atomic E-state index is 16.2. The number of likely N-dealkylation sites (tertiary alicyclic amines) is 1. The number of hydrogen-bond donors (Lipinski definition) is 2. The third-order valence-electron chi connectivity index (χ3n) is 9.00. The minimum absolute atomic E-state index is 0.0886. The Kier molecular flexibility index (Phi) is 13.5. The molecule has 0 saturated carbocycles. The molecule has 8 atom stereocenters. The molecular weight excluding hydrogens is 758 g/mol. The molecule has 0 spiro atoms. The number of carbonyl (C=O) groups excluding carboxylic acids is 3. The van der Waals surface area contributed by atoms with Gasteiger partial charge in [0.05, 0.1) is 12.7 Å². The number of halogens is 1. The number of para-hydroxylation sites is 2. The molecule has 0 radical (unpaired) electrons. The monoisotopic (exact) mass is 804 g/mol. The lowest BCUT2D eigenvalue weighted by Crippen LogP contribution is -2.47. The summed E-state index contributed by atoms with van der Waals surface area (Å²) in [5, 5.41) is 13.6. The van der Waals surface area contributed by atoms with Crippen LogP contribution < -0.4 is 25.6 Å². The van der Waals surface area contributed by atoms with Gasteiger partial charge < -0.3 is 33.3 Å². The number of nitrogens with one attached hydrogen (secondary N) is 1. The zero-order chi connectivity index (χ0) is 40.8. The van der Waals surface area contributed by atoms with Crippen molar-refractivity contribution in [3.05, 3.63) is 93.8 Å². The van der Waals surface area contributed by atoms with Crippen LogP contribution in [0.3, 0.4) is 0 Å². The van der Waals surface area contributed by atoms with Crippen LogP contribution in [0.1, 0.15) is 47.3 Å². The fraction of sp³-hybridized carbons (Fsp3) is 0.486. The summed E-state index contributed by atoms with van der Waals surface area (Å²) < 4.78 is 64.4. The van der Waals surface area contributed by atoms with Gasteiger partial charge in [0, 0.05) is 18.8 Å². The van der Waals surface area contributed by atoms with E-state index in [2.05, 4.69) is 5.09 Å². The number of carbonyl (C=O) groups is 3. The second kappa shape index (κ2) is 17.9. The minimum Gasteiger partial charge on any atom is -0.462 e. The van der Waals surface area contributed by atoms with Gasteiger partial charge in [-0.15, -0.1) is 0 Å². The summed E-state index contributed by atoms with van der Waals surface area (Å²) in [4.78, 5) is 66.2. The third kappa shape index (κ3) is 10.1. The van der Waals surface area contributed by atoms with E-state index in [9.17, 15) is 33.6 Å². The number of aromatic nitrogens is 2. The van der Waals surface area contributed by atoms with Crippen LogP contribution in [-0.2, 0) is 39.8 Å². The topological polar surface area (TPSA) is 203 Å². The van der Waals surface area contributed by atoms with Gasteiger partial charge in [0.2, 0.25) is 0 Å². The highest BCUT2D eigenvalue weighted by Crippen LogP contribution is 2.45. The summed E-state index contributed by atoms with van der Waals surface area (Å²) in [6, 6.07) is 15.1. The van der Waals surface area contributed by atoms with Crippen molar-refractivity contribution in [2.24, 2.45) is 5.92 Å². The van der Waals surface area contributed by atoms with Gasteiger partial charge in [-0.2, -0.15) is 0 Å². The van der Waals surface area contributed by atoms with Gasteiger partial charge in [0.25, 0.3) is 5.56 Å². The SMILES string of the molecule is CC1CC(C(=O)OCn2c(=O)ccn([C@@H]3O[C@H](COCP(=O)(N[C@@H](C)C(=O)OC(C)C)Oc4ccccc4)[C@@H](O)[C@@]3(C)F)c2=O)N(C(=O)Oc2ccccc2)C1. The lowest BCUT2D eigenvalue weighted by atomic mass is 9.98. The van der Waals surface area contributed by atoms with Crippen molar-refractivity contribution in [2.45, 2.75) is 90.1 Å². The van der Waals surface area contributed by atoms with Crippen molar-refractivity contribution in [3.8, 4) is 11.5 Å². The van der Waals surface area contributed by atoms with Crippen molar-refractivity contribution in [1.82, 2.24) is 19.1 Å². The summed E-state index contributed by atoms with van der Waals surface area (Å²) in [7, 11) is -4.02. The number of benzene rings is 2. The van der Waals surface area contributed by atoms with Crippen LogP contribution in [0.4, 0.5) is 9.18 Å². The van der Waals surface area contributed by atoms with E-state index >= 15 is 4.39 Å². The fourth-order valence-corrected chi connectivity index (χ4v) is 7.92. The van der Waals surface area contributed by atoms with Crippen LogP contribution in [0, 0.1) is 5.92 Å². The van der Waals surface area contributed by atoms with E-state index in [1.165, 1.54) is 11.8 Å². The van der Waals surface area contributed by atoms with Crippen LogP contribution >= 0.6 is 7.52 Å². The molecule has 1 aromatic heterocycles. The zero-order valence-electron chi connectivity index (χ0n) is 31.5. The number of amides is 1. The van der Waals surface area contributed by atoms with E-state index < -0.39 is 98.8 Å². The number of esters is 2. The molecule has 5 rings (SSSR count). The Morgan fingerprint density at radius 1 is 1.04 bits per heavy atom. The average Bonchev–Trinajstić information content (AvgIpc) is 3.64. The summed E-state index contributed by atoms with van der Waals surface area (Å²) >= 11 is 0. The Bertz CT molecular complexity index is 2010. The molecule has 2 saturated heterocycles. The predicted octanol–water partition coefficient (Wildman–Crippen LogP) is 3.58. The van der Waals surface area contributed by atoms with Gasteiger partial charge in [-0.05, 0) is 64.3 Å². The lowest BCUT2D eigenvalue weighted by Gasteiger charge is -2.25. The first-order chi connectivity index (χ1) is 26.5. The first-order valence-electron chi connectivity index (χ1n) is 17.9. The largest absolute Gasteiger partial charge is 0.462 e. The molecular formula is C37H46FN4O13P. The number of ether oxygens (including phenoxy) is 5. The van der Waals surface area contributed by atoms with Gasteiger partial charge >= 0.3 is 31.2 Å². The first-order valence-corrected chi connectivity index (χ1v) is 19.7. The third-order valence-corrected chi connectivity index (χ3v) is 10.8. The summed E-state index contributed by atoms with van der Waals surface area (Å²) in [6.07, 6.45) is -5.75. The number of nitrogens with zero attached hydrogens (tertiary/aromatic N) is 3. The predicted molar refractivity (Wildman–Crippen MR) is 197 cm³/mol. The highest BCUT2D eigenvalue weighted by molar-refractivity contribution is 7.57. The van der Waals surface area contributed by atoms with Crippen molar-refractivity contribution in [2.75, 3.05) is 19.5 Å². The standard InChI is InChI=1S/C37H46FN4O13P/c1-23(2)52-32(45)25(4)39-56(49,55-27-14-10-7-11-15-27)22-50-20-29-31(44)37(5,38)34(54-29)40-17-16-30(43)42(35(40)47)21-51-33(46)28-18-24(3)19-41(28)36(48)53-26-12-8-6-9-13-26/h6-17,23-25,28-29,31,34,44H,18-22H2,1-5H3,(H,39,49)/t24?,25-,28?,29+,31+,34+,37+,56?/m0/s1. The van der Waals surface area contributed by atoms with E-state index in [0.29, 0.717) is 4.57 Å². The number of hydrogen-bond acceptors (Lipinski definition) is 13. The molecule has 3 aromatic rings. The van der Waals surface area contributed by atoms with E-state index in [1.54, 1.807) is 74.5 Å². The average molecular weight is 805 g/mol. The lowest BCUT2D eigenvalue weighted by molar-refractivity contribution is -0.152. The van der Waals surface area contributed by atoms with Gasteiger partial charge in [-0.3, -0.25) is 23.6 Å². The number of aliphatic hydroxyl groups excluding tert-OH is 1. The molecule has 2 aliphatic heterocycles. The Balaban J connectivity index is 1.25. The normalized spacial score (nSPS) is 25.0. The highest BCUT2D eigenvalue weighted by atomic mass is 31.2. The highest BCUT2D eigenvalue weighted by Gasteiger charge is 2.55. The van der Waals surface area contributed by atoms with Crippen molar-refractivity contribution < 1.29 is 56.7 Å². The van der Waals surface area contributed by atoms with E-state index in [-0.39, 0.29) is 30.4 Å². The molecule has 304 valence electrons. The second-order valence-electron chi connectivity index (χ2n) is 14.1. The molecule has 0 aliphatic carbocycles. The van der Waals surface area contributed by atoms with Crippen molar-refractivity contribution in [3.63, 3.8) is 0 Å². The van der Waals surface area contributed by atoms with Crippen LogP contribution in [0.15, 0.2) is 82.5 Å². The van der Waals surface area contributed by atoms with E-state index in [0.717, 1.165) is 23.8 Å². The van der Waals surface area contributed by atoms with Crippen LogP contribution in [0.5, 0.6) is 11.5 Å². The number of aliphatic hydroxyl groups is 1. The Hall–Kier alpha value is -4.87. The molecule has 2 aromatic carbocycles. The molecule has 2 aliphatic rings. The van der Waals surface area contributed by atoms with Crippen molar-refractivity contribution >= 4 is 25.6 Å². The summed E-state index contributed by atoms with van der Waals surface area (Å²) in [6.45, 7) is 6.35. The smallest absolute Gasteiger partial charge is 0.415 e. The van der Waals surface area contributed by atoms with Crippen molar-refractivity contribution in [1.29, 1.82) is 0 Å². The quantitative estimate of drug-likeness (QED) is 0.167. The van der Waals surface area contributed by atoms with Crippen LogP contribution in [0.25, 0.3) is 0 Å². The molecule has 2 fully saturated rings. The fourth-order valence-electron chi connectivity index (χ4n) is 6.24. The Morgan fingerprint density at radius 2 is 1.68 bits per heavy atom. The van der Waals surface area contributed by atoms with E-state index in [1.807, 2.05) is 6.92 Å². The zero-order valence-corrected chi connectivity index (χ0v) is 32.4. The molecule has 17 nitrogen and oxygen atoms in total. The number of alkyl halides is 1. The maximum Gasteiger partial charge on any atom is 0.415 e. The second-order valence-corrected chi connectivity index (χ2v) is 16.1. The van der Waals surface area contributed by atoms with Gasteiger partial charge in [0.1, 0.15) is 42.1 Å². The Morgan fingerprint density at radius 3 is 2.32 bits per heavy atom. The van der Waals surface area contributed by atoms with Crippen LogP contribution in [-0.4, -0.2) is 92.7 Å². The molecule has 1 amide bonds. The summed E-state index contributed by atoms with van der Waals surface area (Å²) in [5.41, 5.74) is -4.64. The van der Waals surface area contributed by atoms with Gasteiger partial charge in [-0.25, -0.2) is 28.4 Å². The minimum atomic E-state index is -4.02. The van der Waals surface area contributed by atoms with Gasteiger partial charge in [0.15, 0.2) is 18.6 Å². The van der Waals surface area contributed by atoms with E-state index in [4.69, 9.17) is 28.2 Å². The molecule has 0 bridgehead atoms. The van der Waals surface area contributed by atoms with Crippen LogP contribution in [0.2, 0.25) is 0 Å². The first kappa shape index (κ1) is 42.3. The molecule has 19 heteroatoms. The molecule has 56 heavy (non-hydrogen) atoms. The molecule has 2 N–H and O–H groups in total. The van der Waals surface area contributed by atoms with Gasteiger partial charge in [-0.1, -0.05) is 43.3 Å².